The van der Waals surface area contributed by atoms with E-state index in [1.54, 1.807) is 35.5 Å². The van der Waals surface area contributed by atoms with Gasteiger partial charge in [-0.1, -0.05) is 11.6 Å². The van der Waals surface area contributed by atoms with Crippen molar-refractivity contribution in [1.82, 2.24) is 15.3 Å². The van der Waals surface area contributed by atoms with Crippen LogP contribution in [0.3, 0.4) is 0 Å². The molecule has 7 nitrogen and oxygen atoms in total. The highest BCUT2D eigenvalue weighted by atomic mass is 35.5. The van der Waals surface area contributed by atoms with E-state index in [4.69, 9.17) is 16.3 Å². The SMILES string of the molecule is COc1ccc(Cl)cc1N1CC(C(=O)NCc2ncc[nH]2)CC1=O. The maximum Gasteiger partial charge on any atom is 0.227 e. The normalized spacial score (nSPS) is 17.2. The predicted molar refractivity (Wildman–Crippen MR) is 88.9 cm³/mol. The minimum absolute atomic E-state index is 0.131. The van der Waals surface area contributed by atoms with Crippen molar-refractivity contribution in [3.8, 4) is 5.75 Å². The highest BCUT2D eigenvalue weighted by Crippen LogP contribution is 2.35. The van der Waals surface area contributed by atoms with Crippen LogP contribution in [0.5, 0.6) is 5.75 Å². The van der Waals surface area contributed by atoms with Crippen LogP contribution in [0.4, 0.5) is 5.69 Å². The predicted octanol–water partition coefficient (Wildman–Crippen LogP) is 1.74. The summed E-state index contributed by atoms with van der Waals surface area (Å²) in [5, 5.41) is 3.29. The van der Waals surface area contributed by atoms with Crippen LogP contribution in [0.15, 0.2) is 30.6 Å². The Bertz CT molecular complexity index is 748. The summed E-state index contributed by atoms with van der Waals surface area (Å²) in [7, 11) is 1.53. The topological polar surface area (TPSA) is 87.3 Å². The summed E-state index contributed by atoms with van der Waals surface area (Å²) in [6, 6.07) is 5.06. The lowest BCUT2D eigenvalue weighted by molar-refractivity contribution is -0.126. The fraction of sp³-hybridized carbons (Fsp3) is 0.312. The fourth-order valence-corrected chi connectivity index (χ4v) is 2.87. The maximum atomic E-state index is 12.3. The molecule has 1 unspecified atom stereocenters. The van der Waals surface area contributed by atoms with Crippen LogP contribution in [-0.2, 0) is 16.1 Å². The third-order valence-corrected chi connectivity index (χ3v) is 4.15. The van der Waals surface area contributed by atoms with E-state index in [9.17, 15) is 9.59 Å². The second-order valence-electron chi connectivity index (χ2n) is 5.48. The molecule has 0 bridgehead atoms. The third kappa shape index (κ3) is 3.35. The lowest BCUT2D eigenvalue weighted by atomic mass is 10.1. The second-order valence-corrected chi connectivity index (χ2v) is 5.91. The largest absolute Gasteiger partial charge is 0.495 e. The smallest absolute Gasteiger partial charge is 0.227 e. The van der Waals surface area contributed by atoms with Crippen molar-refractivity contribution in [3.05, 3.63) is 41.4 Å². The quantitative estimate of drug-likeness (QED) is 0.861. The first-order chi connectivity index (χ1) is 11.6. The number of ether oxygens (including phenoxy) is 1. The number of aromatic amines is 1. The fourth-order valence-electron chi connectivity index (χ4n) is 2.70. The molecule has 2 aromatic rings. The number of halogens is 1. The van der Waals surface area contributed by atoms with Crippen LogP contribution in [0.25, 0.3) is 0 Å². The average Bonchev–Trinajstić information content (AvgIpc) is 3.22. The van der Waals surface area contributed by atoms with Crippen LogP contribution in [0.1, 0.15) is 12.2 Å². The molecular weight excluding hydrogens is 332 g/mol. The Balaban J connectivity index is 1.69. The molecule has 1 aromatic carbocycles. The van der Waals surface area contributed by atoms with E-state index >= 15 is 0 Å². The summed E-state index contributed by atoms with van der Waals surface area (Å²) >= 11 is 6.02. The van der Waals surface area contributed by atoms with Gasteiger partial charge in [0.2, 0.25) is 11.8 Å². The Kier molecular flexibility index (Phi) is 4.71. The minimum Gasteiger partial charge on any atom is -0.495 e. The molecule has 1 aliphatic rings. The lowest BCUT2D eigenvalue weighted by Gasteiger charge is -2.19. The first-order valence-electron chi connectivity index (χ1n) is 7.48. The first-order valence-corrected chi connectivity index (χ1v) is 7.86. The number of nitrogens with zero attached hydrogens (tertiary/aromatic N) is 2. The summed E-state index contributed by atoms with van der Waals surface area (Å²) < 4.78 is 5.29. The molecular formula is C16H17ClN4O3. The second kappa shape index (κ2) is 6.92. The van der Waals surface area contributed by atoms with Gasteiger partial charge in [-0.15, -0.1) is 0 Å². The Morgan fingerprint density at radius 2 is 2.38 bits per heavy atom. The van der Waals surface area contributed by atoms with E-state index in [1.807, 2.05) is 0 Å². The summed E-state index contributed by atoms with van der Waals surface area (Å²) in [6.45, 7) is 0.594. The molecule has 126 valence electrons. The van der Waals surface area contributed by atoms with Crippen LogP contribution >= 0.6 is 11.6 Å². The van der Waals surface area contributed by atoms with E-state index in [0.29, 0.717) is 35.4 Å². The molecule has 3 rings (SSSR count). The number of methoxy groups -OCH3 is 1. The van der Waals surface area contributed by atoms with Crippen LogP contribution in [0, 0.1) is 5.92 Å². The number of aromatic nitrogens is 2. The molecule has 1 aliphatic heterocycles. The van der Waals surface area contributed by atoms with Crippen molar-refractivity contribution in [2.45, 2.75) is 13.0 Å². The van der Waals surface area contributed by atoms with Gasteiger partial charge in [0, 0.05) is 30.4 Å². The third-order valence-electron chi connectivity index (χ3n) is 3.91. The number of benzene rings is 1. The van der Waals surface area contributed by atoms with Gasteiger partial charge in [0.15, 0.2) is 0 Å². The number of anilines is 1. The molecule has 8 heteroatoms. The van der Waals surface area contributed by atoms with E-state index in [2.05, 4.69) is 15.3 Å². The van der Waals surface area contributed by atoms with Gasteiger partial charge in [0.25, 0.3) is 0 Å². The van der Waals surface area contributed by atoms with Crippen LogP contribution in [0.2, 0.25) is 5.02 Å². The number of hydrogen-bond acceptors (Lipinski definition) is 4. The zero-order valence-electron chi connectivity index (χ0n) is 13.1. The number of H-pyrrole nitrogens is 1. The molecule has 2 amide bonds. The van der Waals surface area contributed by atoms with Gasteiger partial charge in [-0.3, -0.25) is 9.59 Å². The summed E-state index contributed by atoms with van der Waals surface area (Å²) in [6.07, 6.45) is 3.46. The van der Waals surface area contributed by atoms with E-state index in [0.717, 1.165) is 0 Å². The number of hydrogen-bond donors (Lipinski definition) is 2. The molecule has 0 saturated carbocycles. The Morgan fingerprint density at radius 1 is 1.54 bits per heavy atom. The maximum absolute atomic E-state index is 12.3. The molecule has 0 spiro atoms. The number of carbonyl (C=O) groups excluding carboxylic acids is 2. The number of amides is 2. The highest BCUT2D eigenvalue weighted by molar-refractivity contribution is 6.31. The molecule has 1 saturated heterocycles. The molecule has 0 radical (unpaired) electrons. The number of nitrogens with one attached hydrogen (secondary N) is 2. The van der Waals surface area contributed by atoms with Crippen LogP contribution in [-0.4, -0.2) is 35.4 Å². The van der Waals surface area contributed by atoms with E-state index < -0.39 is 5.92 Å². The molecule has 1 fully saturated rings. The Morgan fingerprint density at radius 3 is 3.08 bits per heavy atom. The molecule has 2 heterocycles. The Hall–Kier alpha value is -2.54. The van der Waals surface area contributed by atoms with Gasteiger partial charge < -0.3 is 19.9 Å². The van der Waals surface area contributed by atoms with Crippen molar-refractivity contribution in [3.63, 3.8) is 0 Å². The first kappa shape index (κ1) is 16.3. The summed E-state index contributed by atoms with van der Waals surface area (Å²) in [5.74, 6) is 0.485. The van der Waals surface area contributed by atoms with Gasteiger partial charge in [-0.2, -0.15) is 0 Å². The molecule has 1 atom stereocenters. The molecule has 0 aliphatic carbocycles. The average molecular weight is 349 g/mol. The lowest BCUT2D eigenvalue weighted by Crippen LogP contribution is -2.33. The number of carbonyl (C=O) groups is 2. The number of imidazole rings is 1. The number of rotatable bonds is 5. The monoisotopic (exact) mass is 348 g/mol. The van der Waals surface area contributed by atoms with Gasteiger partial charge in [0.05, 0.1) is 25.3 Å². The standard InChI is InChI=1S/C16H17ClN4O3/c1-24-13-3-2-11(17)7-12(13)21-9-10(6-15(21)22)16(23)20-8-14-18-4-5-19-14/h2-5,7,10H,6,8-9H2,1H3,(H,18,19)(H,20,23). The van der Waals surface area contributed by atoms with Gasteiger partial charge in [-0.05, 0) is 18.2 Å². The van der Waals surface area contributed by atoms with Crippen molar-refractivity contribution in [2.24, 2.45) is 5.92 Å². The van der Waals surface area contributed by atoms with Crippen LogP contribution < -0.4 is 15.0 Å². The molecule has 24 heavy (non-hydrogen) atoms. The van der Waals surface area contributed by atoms with Crippen molar-refractivity contribution in [1.29, 1.82) is 0 Å². The summed E-state index contributed by atoms with van der Waals surface area (Å²) in [5.41, 5.74) is 0.580. The van der Waals surface area contributed by atoms with Crippen molar-refractivity contribution in [2.75, 3.05) is 18.6 Å². The molecule has 2 N–H and O–H groups in total. The molecule has 1 aromatic heterocycles. The Labute approximate surface area is 144 Å². The van der Waals surface area contributed by atoms with Gasteiger partial charge in [-0.25, -0.2) is 4.98 Å². The van der Waals surface area contributed by atoms with Gasteiger partial charge in [0.1, 0.15) is 11.6 Å². The minimum atomic E-state index is -0.420. The van der Waals surface area contributed by atoms with E-state index in [1.165, 1.54) is 7.11 Å². The zero-order chi connectivity index (χ0) is 17.1. The highest BCUT2D eigenvalue weighted by Gasteiger charge is 2.36. The zero-order valence-corrected chi connectivity index (χ0v) is 13.8. The van der Waals surface area contributed by atoms with Gasteiger partial charge >= 0.3 is 0 Å². The summed E-state index contributed by atoms with van der Waals surface area (Å²) in [4.78, 5) is 33.1. The van der Waals surface area contributed by atoms with Crippen molar-refractivity contribution < 1.29 is 14.3 Å². The van der Waals surface area contributed by atoms with E-state index in [-0.39, 0.29) is 18.2 Å². The van der Waals surface area contributed by atoms with Crippen molar-refractivity contribution >= 4 is 29.1 Å².